The van der Waals surface area contributed by atoms with Gasteiger partial charge in [-0.2, -0.15) is 0 Å². The third-order valence-corrected chi connectivity index (χ3v) is 4.16. The molecule has 0 unspecified atom stereocenters. The first kappa shape index (κ1) is 18.3. The maximum atomic E-state index is 11.8. The standard InChI is InChI=1S/C17H16BrN3O4S/c18-12-2-4-13(5-3-12)23-9-16(22)20-21-17(26)19-8-11-1-6-14-15(7-11)25-10-24-14/h1-7H,8-10H2,(H,20,22)(H2,19,21,26). The second-order valence-electron chi connectivity index (χ2n) is 5.29. The molecule has 2 aromatic carbocycles. The smallest absolute Gasteiger partial charge is 0.276 e. The van der Waals surface area contributed by atoms with Gasteiger partial charge in [-0.1, -0.05) is 22.0 Å². The number of nitrogens with one attached hydrogen (secondary N) is 3. The van der Waals surface area contributed by atoms with E-state index in [0.29, 0.717) is 23.2 Å². The topological polar surface area (TPSA) is 80.9 Å². The van der Waals surface area contributed by atoms with Crippen LogP contribution in [0, 0.1) is 0 Å². The Hall–Kier alpha value is -2.52. The van der Waals surface area contributed by atoms with E-state index in [1.54, 1.807) is 12.1 Å². The van der Waals surface area contributed by atoms with E-state index < -0.39 is 0 Å². The highest BCUT2D eigenvalue weighted by Crippen LogP contribution is 2.32. The van der Waals surface area contributed by atoms with E-state index in [4.69, 9.17) is 26.4 Å². The average molecular weight is 438 g/mol. The summed E-state index contributed by atoms with van der Waals surface area (Å²) in [5.74, 6) is 1.70. The number of hydrazine groups is 1. The number of halogens is 1. The number of carbonyl (C=O) groups is 1. The number of rotatable bonds is 5. The zero-order valence-corrected chi connectivity index (χ0v) is 16.0. The molecule has 0 spiro atoms. The Bertz CT molecular complexity index is 801. The van der Waals surface area contributed by atoms with Gasteiger partial charge in [0, 0.05) is 11.0 Å². The minimum Gasteiger partial charge on any atom is -0.484 e. The first-order valence-electron chi connectivity index (χ1n) is 7.70. The zero-order chi connectivity index (χ0) is 18.4. The Morgan fingerprint density at radius 1 is 1.12 bits per heavy atom. The molecular weight excluding hydrogens is 422 g/mol. The van der Waals surface area contributed by atoms with Gasteiger partial charge in [0.2, 0.25) is 6.79 Å². The first-order valence-corrected chi connectivity index (χ1v) is 8.90. The lowest BCUT2D eigenvalue weighted by atomic mass is 10.2. The van der Waals surface area contributed by atoms with Gasteiger partial charge in [-0.05, 0) is 54.2 Å². The van der Waals surface area contributed by atoms with Crippen molar-refractivity contribution in [2.45, 2.75) is 6.54 Å². The van der Waals surface area contributed by atoms with Crippen LogP contribution in [0.3, 0.4) is 0 Å². The van der Waals surface area contributed by atoms with Crippen molar-refractivity contribution in [2.24, 2.45) is 0 Å². The Balaban J connectivity index is 1.35. The van der Waals surface area contributed by atoms with Gasteiger partial charge in [-0.25, -0.2) is 0 Å². The third-order valence-electron chi connectivity index (χ3n) is 3.39. The van der Waals surface area contributed by atoms with Gasteiger partial charge in [0.05, 0.1) is 0 Å². The Labute approximate surface area is 164 Å². The largest absolute Gasteiger partial charge is 0.484 e. The Morgan fingerprint density at radius 2 is 1.88 bits per heavy atom. The van der Waals surface area contributed by atoms with Gasteiger partial charge < -0.3 is 19.5 Å². The fourth-order valence-corrected chi connectivity index (χ4v) is 2.51. The van der Waals surface area contributed by atoms with Gasteiger partial charge in [-0.15, -0.1) is 0 Å². The monoisotopic (exact) mass is 437 g/mol. The van der Waals surface area contributed by atoms with Crippen LogP contribution in [0.25, 0.3) is 0 Å². The summed E-state index contributed by atoms with van der Waals surface area (Å²) < 4.78 is 16.9. The Morgan fingerprint density at radius 3 is 2.69 bits per heavy atom. The van der Waals surface area contributed by atoms with E-state index in [1.807, 2.05) is 30.3 Å². The lowest BCUT2D eigenvalue weighted by Gasteiger charge is -2.12. The van der Waals surface area contributed by atoms with Gasteiger partial charge in [0.25, 0.3) is 5.91 Å². The fraction of sp³-hybridized carbons (Fsp3) is 0.176. The second kappa shape index (κ2) is 8.72. The van der Waals surface area contributed by atoms with Crippen LogP contribution in [-0.4, -0.2) is 24.4 Å². The molecule has 0 fully saturated rings. The molecule has 26 heavy (non-hydrogen) atoms. The van der Waals surface area contributed by atoms with Crippen molar-refractivity contribution in [3.63, 3.8) is 0 Å². The predicted octanol–water partition coefficient (Wildman–Crippen LogP) is 2.25. The van der Waals surface area contributed by atoms with Crippen LogP contribution in [0.5, 0.6) is 17.2 Å². The van der Waals surface area contributed by atoms with Gasteiger partial charge in [-0.3, -0.25) is 15.6 Å². The number of hydrogen-bond acceptors (Lipinski definition) is 5. The molecule has 7 nitrogen and oxygen atoms in total. The summed E-state index contributed by atoms with van der Waals surface area (Å²) in [5.41, 5.74) is 6.07. The lowest BCUT2D eigenvalue weighted by Crippen LogP contribution is -2.48. The van der Waals surface area contributed by atoms with Crippen LogP contribution >= 0.6 is 28.1 Å². The van der Waals surface area contributed by atoms with Crippen LogP contribution in [0.2, 0.25) is 0 Å². The van der Waals surface area contributed by atoms with Crippen molar-refractivity contribution < 1.29 is 19.0 Å². The van der Waals surface area contributed by atoms with E-state index >= 15 is 0 Å². The van der Waals surface area contributed by atoms with Crippen LogP contribution in [0.4, 0.5) is 0 Å². The van der Waals surface area contributed by atoms with Crippen molar-refractivity contribution in [1.82, 2.24) is 16.2 Å². The summed E-state index contributed by atoms with van der Waals surface area (Å²) in [6.45, 7) is 0.591. The molecule has 1 aliphatic heterocycles. The maximum Gasteiger partial charge on any atom is 0.276 e. The number of carbonyl (C=O) groups excluding carboxylic acids is 1. The molecule has 0 saturated carbocycles. The summed E-state index contributed by atoms with van der Waals surface area (Å²) in [6.07, 6.45) is 0. The van der Waals surface area contributed by atoms with Gasteiger partial charge >= 0.3 is 0 Å². The number of amides is 1. The van der Waals surface area contributed by atoms with Crippen molar-refractivity contribution in [1.29, 1.82) is 0 Å². The molecule has 9 heteroatoms. The SMILES string of the molecule is O=C(COc1ccc(Br)cc1)NNC(=S)NCc1ccc2c(c1)OCO2. The molecule has 0 bridgehead atoms. The second-order valence-corrected chi connectivity index (χ2v) is 6.61. The average Bonchev–Trinajstić information content (AvgIpc) is 3.12. The molecule has 0 aromatic heterocycles. The van der Waals surface area contributed by atoms with Crippen molar-refractivity contribution in [3.05, 3.63) is 52.5 Å². The van der Waals surface area contributed by atoms with E-state index in [1.165, 1.54) is 0 Å². The van der Waals surface area contributed by atoms with Crippen molar-refractivity contribution in [2.75, 3.05) is 13.4 Å². The van der Waals surface area contributed by atoms with Gasteiger partial charge in [0.15, 0.2) is 23.2 Å². The van der Waals surface area contributed by atoms with Crippen LogP contribution in [-0.2, 0) is 11.3 Å². The van der Waals surface area contributed by atoms with E-state index in [2.05, 4.69) is 32.1 Å². The number of ether oxygens (including phenoxy) is 3. The number of thiocarbonyl (C=S) groups is 1. The molecule has 0 saturated heterocycles. The highest BCUT2D eigenvalue weighted by atomic mass is 79.9. The third kappa shape index (κ3) is 5.24. The maximum absolute atomic E-state index is 11.8. The number of hydrogen-bond donors (Lipinski definition) is 3. The van der Waals surface area contributed by atoms with Crippen molar-refractivity contribution in [3.8, 4) is 17.2 Å². The lowest BCUT2D eigenvalue weighted by molar-refractivity contribution is -0.123. The van der Waals surface area contributed by atoms with Crippen LogP contribution in [0.15, 0.2) is 46.9 Å². The summed E-state index contributed by atoms with van der Waals surface area (Å²) in [6, 6.07) is 12.8. The molecule has 0 aliphatic carbocycles. The molecule has 0 radical (unpaired) electrons. The highest BCUT2D eigenvalue weighted by Gasteiger charge is 2.13. The van der Waals surface area contributed by atoms with Crippen LogP contribution in [0.1, 0.15) is 5.56 Å². The molecular formula is C17H16BrN3O4S. The summed E-state index contributed by atoms with van der Waals surface area (Å²) in [4.78, 5) is 11.8. The van der Waals surface area contributed by atoms with Gasteiger partial charge in [0.1, 0.15) is 5.75 Å². The molecule has 136 valence electrons. The Kier molecular flexibility index (Phi) is 6.13. The molecule has 3 N–H and O–H groups in total. The quantitative estimate of drug-likeness (QED) is 0.488. The normalized spacial score (nSPS) is 11.6. The fourth-order valence-electron chi connectivity index (χ4n) is 2.12. The zero-order valence-electron chi connectivity index (χ0n) is 13.6. The van der Waals surface area contributed by atoms with Crippen LogP contribution < -0.4 is 30.4 Å². The molecule has 0 atom stereocenters. The summed E-state index contributed by atoms with van der Waals surface area (Å²) in [7, 11) is 0. The first-order chi connectivity index (χ1) is 12.6. The number of fused-ring (bicyclic) bond motifs is 1. The molecule has 1 heterocycles. The summed E-state index contributed by atoms with van der Waals surface area (Å²) in [5, 5.41) is 3.28. The summed E-state index contributed by atoms with van der Waals surface area (Å²) >= 11 is 8.46. The molecule has 1 aliphatic rings. The van der Waals surface area contributed by atoms with E-state index in [-0.39, 0.29) is 19.3 Å². The minimum atomic E-state index is -0.347. The van der Waals surface area contributed by atoms with Crippen molar-refractivity contribution >= 4 is 39.2 Å². The van der Waals surface area contributed by atoms with E-state index in [0.717, 1.165) is 15.8 Å². The predicted molar refractivity (Wildman–Crippen MR) is 103 cm³/mol. The molecule has 3 rings (SSSR count). The number of benzene rings is 2. The highest BCUT2D eigenvalue weighted by molar-refractivity contribution is 9.10. The minimum absolute atomic E-state index is 0.126. The molecule has 1 amide bonds. The molecule has 2 aromatic rings. The van der Waals surface area contributed by atoms with E-state index in [9.17, 15) is 4.79 Å².